The van der Waals surface area contributed by atoms with Gasteiger partial charge in [0.05, 0.1) is 0 Å². The van der Waals surface area contributed by atoms with E-state index in [2.05, 4.69) is 0 Å². The summed E-state index contributed by atoms with van der Waals surface area (Å²) in [6.07, 6.45) is 6.51. The minimum absolute atomic E-state index is 0.0455. The maximum atomic E-state index is 11.7. The molecule has 2 unspecified atom stereocenters. The normalized spacial score (nSPS) is 25.6. The lowest BCUT2D eigenvalue weighted by Crippen LogP contribution is -2.27. The van der Waals surface area contributed by atoms with Gasteiger partial charge in [-0.25, -0.2) is 0 Å². The van der Waals surface area contributed by atoms with E-state index < -0.39 is 0 Å². The van der Waals surface area contributed by atoms with E-state index in [0.717, 1.165) is 25.3 Å². The summed E-state index contributed by atoms with van der Waals surface area (Å²) >= 11 is 0. The largest absolute Gasteiger partial charge is 0.460 e. The van der Waals surface area contributed by atoms with E-state index in [1.807, 2.05) is 20.8 Å². The molecule has 100 valence electrons. The van der Waals surface area contributed by atoms with Crippen molar-refractivity contribution in [1.29, 1.82) is 0 Å². The van der Waals surface area contributed by atoms with Gasteiger partial charge in [-0.1, -0.05) is 12.8 Å². The average molecular weight is 241 g/mol. The predicted molar refractivity (Wildman–Crippen MR) is 69.6 cm³/mol. The lowest BCUT2D eigenvalue weighted by atomic mass is 9.78. The van der Waals surface area contributed by atoms with E-state index in [4.69, 9.17) is 10.5 Å². The minimum Gasteiger partial charge on any atom is -0.460 e. The Morgan fingerprint density at radius 3 is 2.53 bits per heavy atom. The van der Waals surface area contributed by atoms with Gasteiger partial charge in [0.25, 0.3) is 0 Å². The van der Waals surface area contributed by atoms with Crippen molar-refractivity contribution < 1.29 is 9.53 Å². The molecule has 0 heterocycles. The van der Waals surface area contributed by atoms with Crippen molar-refractivity contribution >= 4 is 5.97 Å². The average Bonchev–Trinajstić information content (AvgIpc) is 2.15. The van der Waals surface area contributed by atoms with Gasteiger partial charge in [0.15, 0.2) is 0 Å². The van der Waals surface area contributed by atoms with Crippen molar-refractivity contribution in [2.24, 2.45) is 17.6 Å². The molecule has 2 atom stereocenters. The Bertz CT molecular complexity index is 243. The standard InChI is InChI=1S/C14H27NO2/c1-14(2,3)17-13(16)10-12-6-4-5-11(9-12)7-8-15/h11-12H,4-10,15H2,1-3H3. The zero-order valence-electron chi connectivity index (χ0n) is 11.5. The lowest BCUT2D eigenvalue weighted by molar-refractivity contribution is -0.156. The number of esters is 1. The zero-order valence-corrected chi connectivity index (χ0v) is 11.5. The molecule has 0 aliphatic heterocycles. The molecule has 2 N–H and O–H groups in total. The van der Waals surface area contributed by atoms with Crippen LogP contribution < -0.4 is 5.73 Å². The molecule has 0 spiro atoms. The number of hydrogen-bond acceptors (Lipinski definition) is 3. The van der Waals surface area contributed by atoms with Crippen molar-refractivity contribution in [2.75, 3.05) is 6.54 Å². The fourth-order valence-corrected chi connectivity index (χ4v) is 2.70. The molecular weight excluding hydrogens is 214 g/mol. The van der Waals surface area contributed by atoms with Crippen molar-refractivity contribution in [3.63, 3.8) is 0 Å². The first-order valence-electron chi connectivity index (χ1n) is 6.82. The number of carbonyl (C=O) groups is 1. The second-order valence-electron chi connectivity index (χ2n) is 6.27. The van der Waals surface area contributed by atoms with Crippen molar-refractivity contribution in [3.05, 3.63) is 0 Å². The highest BCUT2D eigenvalue weighted by Crippen LogP contribution is 2.33. The number of ether oxygens (including phenoxy) is 1. The zero-order chi connectivity index (χ0) is 12.9. The third kappa shape index (κ3) is 6.06. The molecule has 1 aliphatic rings. The quantitative estimate of drug-likeness (QED) is 0.770. The monoisotopic (exact) mass is 241 g/mol. The summed E-state index contributed by atoms with van der Waals surface area (Å²) in [7, 11) is 0. The molecule has 0 saturated heterocycles. The van der Waals surface area contributed by atoms with Gasteiger partial charge in [0, 0.05) is 6.42 Å². The first-order chi connectivity index (χ1) is 7.90. The third-order valence-corrected chi connectivity index (χ3v) is 3.34. The van der Waals surface area contributed by atoms with Gasteiger partial charge in [0.2, 0.25) is 0 Å². The van der Waals surface area contributed by atoms with Crippen LogP contribution in [0.25, 0.3) is 0 Å². The van der Waals surface area contributed by atoms with Gasteiger partial charge in [-0.05, 0) is 58.4 Å². The van der Waals surface area contributed by atoms with Crippen LogP contribution >= 0.6 is 0 Å². The number of hydrogen-bond donors (Lipinski definition) is 1. The molecule has 0 radical (unpaired) electrons. The summed E-state index contributed by atoms with van der Waals surface area (Å²) in [4.78, 5) is 11.7. The summed E-state index contributed by atoms with van der Waals surface area (Å²) in [6.45, 7) is 6.53. The van der Waals surface area contributed by atoms with Crippen LogP contribution in [0.4, 0.5) is 0 Å². The van der Waals surface area contributed by atoms with E-state index in [1.54, 1.807) is 0 Å². The summed E-state index contributed by atoms with van der Waals surface area (Å²) in [5, 5.41) is 0. The van der Waals surface area contributed by atoms with Crippen molar-refractivity contribution in [3.8, 4) is 0 Å². The third-order valence-electron chi connectivity index (χ3n) is 3.34. The van der Waals surface area contributed by atoms with Crippen LogP contribution in [-0.4, -0.2) is 18.1 Å². The lowest BCUT2D eigenvalue weighted by Gasteiger charge is -2.29. The Morgan fingerprint density at radius 2 is 1.94 bits per heavy atom. The second-order valence-corrected chi connectivity index (χ2v) is 6.27. The summed E-state index contributed by atoms with van der Waals surface area (Å²) in [5.74, 6) is 1.19. The number of nitrogens with two attached hydrogens (primary N) is 1. The van der Waals surface area contributed by atoms with Crippen LogP contribution in [0.5, 0.6) is 0 Å². The fourth-order valence-electron chi connectivity index (χ4n) is 2.70. The topological polar surface area (TPSA) is 52.3 Å². The van der Waals surface area contributed by atoms with Gasteiger partial charge in [-0.3, -0.25) is 4.79 Å². The van der Waals surface area contributed by atoms with E-state index >= 15 is 0 Å². The Morgan fingerprint density at radius 1 is 1.29 bits per heavy atom. The van der Waals surface area contributed by atoms with Gasteiger partial charge in [-0.15, -0.1) is 0 Å². The number of rotatable bonds is 4. The SMILES string of the molecule is CC(C)(C)OC(=O)CC1CCCC(CCN)C1. The highest BCUT2D eigenvalue weighted by Gasteiger charge is 2.25. The fraction of sp³-hybridized carbons (Fsp3) is 0.929. The Hall–Kier alpha value is -0.570. The Balaban J connectivity index is 2.33. The highest BCUT2D eigenvalue weighted by molar-refractivity contribution is 5.70. The van der Waals surface area contributed by atoms with E-state index in [9.17, 15) is 4.79 Å². The van der Waals surface area contributed by atoms with Gasteiger partial charge >= 0.3 is 5.97 Å². The molecule has 1 aliphatic carbocycles. The van der Waals surface area contributed by atoms with Crippen LogP contribution in [-0.2, 0) is 9.53 Å². The summed E-state index contributed by atoms with van der Waals surface area (Å²) < 4.78 is 5.37. The van der Waals surface area contributed by atoms with Crippen molar-refractivity contribution in [2.45, 2.75) is 64.9 Å². The smallest absolute Gasteiger partial charge is 0.306 e. The first-order valence-corrected chi connectivity index (χ1v) is 6.82. The van der Waals surface area contributed by atoms with Crippen LogP contribution in [0.15, 0.2) is 0 Å². The van der Waals surface area contributed by atoms with Gasteiger partial charge < -0.3 is 10.5 Å². The first kappa shape index (κ1) is 14.5. The summed E-state index contributed by atoms with van der Waals surface area (Å²) in [6, 6.07) is 0. The molecule has 3 heteroatoms. The maximum Gasteiger partial charge on any atom is 0.306 e. The van der Waals surface area contributed by atoms with Crippen LogP contribution in [0, 0.1) is 11.8 Å². The molecule has 1 rings (SSSR count). The van der Waals surface area contributed by atoms with E-state index in [1.165, 1.54) is 19.3 Å². The van der Waals surface area contributed by atoms with E-state index in [0.29, 0.717) is 12.3 Å². The molecule has 0 bridgehead atoms. The van der Waals surface area contributed by atoms with Crippen molar-refractivity contribution in [1.82, 2.24) is 0 Å². The molecular formula is C14H27NO2. The molecule has 3 nitrogen and oxygen atoms in total. The van der Waals surface area contributed by atoms with Crippen LogP contribution in [0.1, 0.15) is 59.3 Å². The maximum absolute atomic E-state index is 11.7. The molecule has 0 amide bonds. The minimum atomic E-state index is -0.359. The summed E-state index contributed by atoms with van der Waals surface area (Å²) in [5.41, 5.74) is 5.24. The number of carbonyl (C=O) groups excluding carboxylic acids is 1. The highest BCUT2D eigenvalue weighted by atomic mass is 16.6. The predicted octanol–water partition coefficient (Wildman–Crippen LogP) is 2.87. The molecule has 1 fully saturated rings. The van der Waals surface area contributed by atoms with Crippen LogP contribution in [0.2, 0.25) is 0 Å². The van der Waals surface area contributed by atoms with Crippen LogP contribution in [0.3, 0.4) is 0 Å². The van der Waals surface area contributed by atoms with Gasteiger partial charge in [-0.2, -0.15) is 0 Å². The van der Waals surface area contributed by atoms with E-state index in [-0.39, 0.29) is 11.6 Å². The molecule has 0 aromatic carbocycles. The Labute approximate surface area is 105 Å². The van der Waals surface area contributed by atoms with Gasteiger partial charge in [0.1, 0.15) is 5.60 Å². The molecule has 0 aromatic rings. The molecule has 0 aromatic heterocycles. The molecule has 1 saturated carbocycles. The second kappa shape index (κ2) is 6.39. The molecule has 17 heavy (non-hydrogen) atoms. The Kier molecular flexibility index (Phi) is 5.44.